The van der Waals surface area contributed by atoms with Crippen molar-refractivity contribution in [2.75, 3.05) is 6.61 Å². The van der Waals surface area contributed by atoms with Crippen molar-refractivity contribution in [3.8, 4) is 0 Å². The molecule has 0 unspecified atom stereocenters. The van der Waals surface area contributed by atoms with Crippen LogP contribution < -0.4 is 10.0 Å². The van der Waals surface area contributed by atoms with E-state index in [9.17, 15) is 18.0 Å². The average Bonchev–Trinajstić information content (AvgIpc) is 3.21. The van der Waals surface area contributed by atoms with Crippen LogP contribution in [-0.2, 0) is 30.9 Å². The number of carbonyl (C=O) groups is 2. The Morgan fingerprint density at radius 2 is 1.86 bits per heavy atom. The normalized spacial score (nSPS) is 12.8. The highest BCUT2D eigenvalue weighted by Gasteiger charge is 2.28. The van der Waals surface area contributed by atoms with E-state index in [1.807, 2.05) is 6.07 Å². The van der Waals surface area contributed by atoms with Crippen LogP contribution in [0.1, 0.15) is 25.2 Å². The van der Waals surface area contributed by atoms with E-state index >= 15 is 0 Å². The van der Waals surface area contributed by atoms with Gasteiger partial charge in [0.15, 0.2) is 6.61 Å². The van der Waals surface area contributed by atoms with Gasteiger partial charge in [-0.05, 0) is 29.7 Å². The van der Waals surface area contributed by atoms with E-state index in [1.165, 1.54) is 12.3 Å². The fourth-order valence-corrected chi connectivity index (χ4v) is 3.42. The number of nitrogens with one attached hydrogen (secondary N) is 2. The van der Waals surface area contributed by atoms with Crippen LogP contribution in [0.2, 0.25) is 0 Å². The Morgan fingerprint density at radius 1 is 1.14 bits per heavy atom. The fourth-order valence-electron chi connectivity index (χ4n) is 2.28. The first kappa shape index (κ1) is 22.4. The van der Waals surface area contributed by atoms with E-state index in [-0.39, 0.29) is 12.5 Å². The summed E-state index contributed by atoms with van der Waals surface area (Å²) < 4.78 is 37.0. The molecule has 8 nitrogen and oxygen atoms in total. The lowest BCUT2D eigenvalue weighted by atomic mass is 10.1. The molecule has 2 N–H and O–H groups in total. The third kappa shape index (κ3) is 7.92. The molecule has 1 atom stereocenters. The van der Waals surface area contributed by atoms with Crippen LogP contribution in [0.4, 0.5) is 0 Å². The Balaban J connectivity index is 1.89. The summed E-state index contributed by atoms with van der Waals surface area (Å²) in [5, 5.41) is 3.52. The molecule has 0 aliphatic heterocycles. The summed E-state index contributed by atoms with van der Waals surface area (Å²) in [4.78, 5) is 24.1. The smallest absolute Gasteiger partial charge is 0.324 e. The van der Waals surface area contributed by atoms with Gasteiger partial charge in [-0.2, -0.15) is 4.72 Å². The number of carbonyl (C=O) groups excluding carboxylic acids is 2. The number of esters is 1. The Bertz CT molecular complexity index is 921. The van der Waals surface area contributed by atoms with Crippen LogP contribution in [0, 0.1) is 5.92 Å². The van der Waals surface area contributed by atoms with E-state index in [2.05, 4.69) is 10.0 Å². The molecular weight excluding hydrogens is 396 g/mol. The first-order valence-corrected chi connectivity index (χ1v) is 10.5. The maximum absolute atomic E-state index is 12.3. The summed E-state index contributed by atoms with van der Waals surface area (Å²) in [5.41, 5.74) is 0.703. The number of ether oxygens (including phenoxy) is 1. The molecule has 9 heteroatoms. The van der Waals surface area contributed by atoms with Gasteiger partial charge in [0, 0.05) is 5.41 Å². The number of sulfonamides is 1. The van der Waals surface area contributed by atoms with Gasteiger partial charge < -0.3 is 14.5 Å². The van der Waals surface area contributed by atoms with Gasteiger partial charge in [-0.1, -0.05) is 44.2 Å². The maximum atomic E-state index is 12.3. The van der Waals surface area contributed by atoms with E-state index < -0.39 is 34.5 Å². The van der Waals surface area contributed by atoms with E-state index in [0.717, 1.165) is 5.41 Å². The Morgan fingerprint density at radius 3 is 2.48 bits per heavy atom. The van der Waals surface area contributed by atoms with Crippen LogP contribution in [0.25, 0.3) is 6.08 Å². The Kier molecular flexibility index (Phi) is 8.17. The third-order valence-electron chi connectivity index (χ3n) is 3.84. The highest BCUT2D eigenvalue weighted by atomic mass is 32.2. The van der Waals surface area contributed by atoms with Crippen molar-refractivity contribution in [1.29, 1.82) is 0 Å². The zero-order chi connectivity index (χ0) is 21.3. The largest absolute Gasteiger partial charge is 0.467 e. The predicted molar refractivity (Wildman–Crippen MR) is 108 cm³/mol. The number of furan rings is 1. The lowest BCUT2D eigenvalue weighted by Crippen LogP contribution is -2.45. The number of rotatable bonds is 10. The van der Waals surface area contributed by atoms with Gasteiger partial charge >= 0.3 is 5.97 Å². The van der Waals surface area contributed by atoms with Crippen molar-refractivity contribution in [2.45, 2.75) is 26.4 Å². The van der Waals surface area contributed by atoms with Gasteiger partial charge in [-0.3, -0.25) is 9.59 Å². The summed E-state index contributed by atoms with van der Waals surface area (Å²) in [5.74, 6) is -1.18. The average molecular weight is 420 g/mol. The highest BCUT2D eigenvalue weighted by molar-refractivity contribution is 7.92. The summed E-state index contributed by atoms with van der Waals surface area (Å²) in [7, 11) is -3.89. The Labute approximate surface area is 170 Å². The molecule has 0 radical (unpaired) electrons. The molecule has 1 amide bonds. The van der Waals surface area contributed by atoms with Crippen LogP contribution in [-0.4, -0.2) is 32.9 Å². The maximum Gasteiger partial charge on any atom is 0.324 e. The molecule has 0 fully saturated rings. The molecule has 0 saturated carbocycles. The first-order chi connectivity index (χ1) is 13.8. The zero-order valence-electron chi connectivity index (χ0n) is 16.2. The van der Waals surface area contributed by atoms with E-state index in [0.29, 0.717) is 11.3 Å². The molecule has 29 heavy (non-hydrogen) atoms. The van der Waals surface area contributed by atoms with Crippen molar-refractivity contribution in [3.63, 3.8) is 0 Å². The molecule has 2 rings (SSSR count). The lowest BCUT2D eigenvalue weighted by molar-refractivity contribution is -0.151. The third-order valence-corrected chi connectivity index (χ3v) is 4.91. The summed E-state index contributed by atoms with van der Waals surface area (Å²) >= 11 is 0. The first-order valence-electron chi connectivity index (χ1n) is 8.98. The summed E-state index contributed by atoms with van der Waals surface area (Å²) in [6, 6.07) is 11.1. The highest BCUT2D eigenvalue weighted by Crippen LogP contribution is 2.08. The minimum Gasteiger partial charge on any atom is -0.467 e. The van der Waals surface area contributed by atoms with Crippen molar-refractivity contribution in [1.82, 2.24) is 10.0 Å². The fraction of sp³-hybridized carbons (Fsp3) is 0.300. The van der Waals surface area contributed by atoms with Crippen molar-refractivity contribution in [2.24, 2.45) is 5.92 Å². The predicted octanol–water partition coefficient (Wildman–Crippen LogP) is 2.05. The number of hydrogen-bond donors (Lipinski definition) is 2. The van der Waals surface area contributed by atoms with Gasteiger partial charge in [-0.15, -0.1) is 0 Å². The number of benzene rings is 1. The van der Waals surface area contributed by atoms with Crippen LogP contribution in [0.15, 0.2) is 58.6 Å². The molecule has 1 aromatic heterocycles. The van der Waals surface area contributed by atoms with E-state index in [4.69, 9.17) is 9.15 Å². The topological polar surface area (TPSA) is 115 Å². The minimum atomic E-state index is -3.89. The zero-order valence-corrected chi connectivity index (χ0v) is 17.0. The molecule has 0 aliphatic carbocycles. The Hall–Kier alpha value is -2.91. The van der Waals surface area contributed by atoms with Crippen molar-refractivity contribution in [3.05, 3.63) is 65.5 Å². The molecule has 0 saturated heterocycles. The second kappa shape index (κ2) is 10.6. The molecule has 2 aromatic rings. The number of amides is 1. The lowest BCUT2D eigenvalue weighted by Gasteiger charge is -2.19. The molecular formula is C20H24N2O6S. The summed E-state index contributed by atoms with van der Waals surface area (Å²) in [6.45, 7) is 2.98. The van der Waals surface area contributed by atoms with Gasteiger partial charge in [0.05, 0.1) is 12.8 Å². The standard InChI is InChI=1S/C20H24N2O6S/c1-15(2)19(22-29(25,26)12-10-16-7-4-3-5-8-16)20(24)28-14-18(23)21-13-17-9-6-11-27-17/h3-12,15,19,22H,13-14H2,1-2H3,(H,21,23)/b12-10+/t19-/m0/s1. The molecule has 0 bridgehead atoms. The van der Waals surface area contributed by atoms with E-state index in [1.54, 1.807) is 50.2 Å². The van der Waals surface area contributed by atoms with Gasteiger partial charge in [-0.25, -0.2) is 8.42 Å². The molecule has 1 aromatic carbocycles. The molecule has 0 spiro atoms. The van der Waals surface area contributed by atoms with Crippen LogP contribution >= 0.6 is 0 Å². The van der Waals surface area contributed by atoms with Gasteiger partial charge in [0.2, 0.25) is 10.0 Å². The van der Waals surface area contributed by atoms with Crippen LogP contribution in [0.3, 0.4) is 0 Å². The number of hydrogen-bond acceptors (Lipinski definition) is 6. The second-order valence-corrected chi connectivity index (χ2v) is 8.16. The quantitative estimate of drug-likeness (QED) is 0.569. The molecule has 1 heterocycles. The van der Waals surface area contributed by atoms with Crippen molar-refractivity contribution >= 4 is 28.0 Å². The SMILES string of the molecule is CC(C)[C@H](NS(=O)(=O)/C=C/c1ccccc1)C(=O)OCC(=O)NCc1ccco1. The van der Waals surface area contributed by atoms with Gasteiger partial charge in [0.25, 0.3) is 5.91 Å². The summed E-state index contributed by atoms with van der Waals surface area (Å²) in [6.07, 6.45) is 2.90. The van der Waals surface area contributed by atoms with Crippen LogP contribution in [0.5, 0.6) is 0 Å². The monoisotopic (exact) mass is 420 g/mol. The van der Waals surface area contributed by atoms with Gasteiger partial charge in [0.1, 0.15) is 11.8 Å². The second-order valence-electron chi connectivity index (χ2n) is 6.56. The molecule has 0 aliphatic rings. The molecule has 156 valence electrons. The minimum absolute atomic E-state index is 0.161. The van der Waals surface area contributed by atoms with Crippen molar-refractivity contribution < 1.29 is 27.2 Å².